The van der Waals surface area contributed by atoms with Gasteiger partial charge in [-0.1, -0.05) is 0 Å². The van der Waals surface area contributed by atoms with Crippen molar-refractivity contribution in [3.05, 3.63) is 0 Å². The molecule has 3 heterocycles. The summed E-state index contributed by atoms with van der Waals surface area (Å²) in [5, 5.41) is 3.85. The molecule has 0 aromatic carbocycles. The molecule has 1 amide bonds. The largest absolute Gasteiger partial charge is 0.369 e. The molecule has 1 saturated carbocycles. The predicted octanol–water partition coefficient (Wildman–Crippen LogP) is 0.714. The first kappa shape index (κ1) is 12.4. The van der Waals surface area contributed by atoms with Gasteiger partial charge < -0.3 is 16.0 Å². The summed E-state index contributed by atoms with van der Waals surface area (Å²) in [6.07, 6.45) is 6.94. The van der Waals surface area contributed by atoms with Crippen LogP contribution in [-0.4, -0.2) is 42.5 Å². The highest BCUT2D eigenvalue weighted by molar-refractivity contribution is 5.76. The zero-order valence-corrected chi connectivity index (χ0v) is 11.1. The predicted molar refractivity (Wildman–Crippen MR) is 71.0 cm³/mol. The number of hydrogen-bond acceptors (Lipinski definition) is 3. The van der Waals surface area contributed by atoms with Crippen LogP contribution in [-0.2, 0) is 4.79 Å². The first-order valence-corrected chi connectivity index (χ1v) is 7.50. The molecule has 0 spiro atoms. The van der Waals surface area contributed by atoms with Crippen molar-refractivity contribution >= 4 is 5.91 Å². The van der Waals surface area contributed by atoms with Gasteiger partial charge in [-0.05, 0) is 57.5 Å². The van der Waals surface area contributed by atoms with Crippen molar-refractivity contribution in [3.63, 3.8) is 0 Å². The summed E-state index contributed by atoms with van der Waals surface area (Å²) in [7, 11) is 0. The Bertz CT molecular complexity index is 304. The second-order valence-corrected chi connectivity index (χ2v) is 6.36. The normalized spacial score (nSPS) is 43.9. The van der Waals surface area contributed by atoms with E-state index in [0.29, 0.717) is 12.1 Å². The first-order valence-electron chi connectivity index (χ1n) is 7.50. The number of piperidine rings is 3. The third kappa shape index (κ3) is 2.54. The van der Waals surface area contributed by atoms with Gasteiger partial charge in [0.25, 0.3) is 0 Å². The quantitative estimate of drug-likeness (QED) is 0.777. The number of nitrogens with two attached hydrogens (primary N) is 1. The third-order valence-electron chi connectivity index (χ3n) is 5.24. The van der Waals surface area contributed by atoms with Gasteiger partial charge in [-0.25, -0.2) is 0 Å². The molecule has 4 nitrogen and oxygen atoms in total. The molecule has 18 heavy (non-hydrogen) atoms. The van der Waals surface area contributed by atoms with E-state index in [-0.39, 0.29) is 11.8 Å². The average molecular weight is 251 g/mol. The highest BCUT2D eigenvalue weighted by Gasteiger charge is 2.35. The van der Waals surface area contributed by atoms with Crippen LogP contribution in [0.5, 0.6) is 0 Å². The highest BCUT2D eigenvalue weighted by atomic mass is 16.1. The van der Waals surface area contributed by atoms with E-state index in [1.807, 2.05) is 0 Å². The molecule has 4 heteroatoms. The van der Waals surface area contributed by atoms with Crippen molar-refractivity contribution in [3.8, 4) is 0 Å². The second-order valence-electron chi connectivity index (χ2n) is 6.36. The number of amides is 1. The lowest BCUT2D eigenvalue weighted by Gasteiger charge is -2.46. The number of carbonyl (C=O) groups is 1. The summed E-state index contributed by atoms with van der Waals surface area (Å²) >= 11 is 0. The van der Waals surface area contributed by atoms with Gasteiger partial charge in [0.2, 0.25) is 5.91 Å². The van der Waals surface area contributed by atoms with Crippen molar-refractivity contribution in [1.82, 2.24) is 10.2 Å². The number of nitrogens with one attached hydrogen (secondary N) is 1. The number of carbonyl (C=O) groups excluding carboxylic acids is 1. The highest BCUT2D eigenvalue weighted by Crippen LogP contribution is 2.30. The van der Waals surface area contributed by atoms with Crippen LogP contribution in [0.4, 0.5) is 0 Å². The lowest BCUT2D eigenvalue weighted by molar-refractivity contribution is -0.122. The van der Waals surface area contributed by atoms with E-state index in [1.165, 1.54) is 32.5 Å². The summed E-state index contributed by atoms with van der Waals surface area (Å²) in [6.45, 7) is 3.84. The molecule has 1 aliphatic carbocycles. The van der Waals surface area contributed by atoms with Gasteiger partial charge >= 0.3 is 0 Å². The Kier molecular flexibility index (Phi) is 3.57. The molecule has 4 rings (SSSR count). The molecule has 1 atom stereocenters. The second kappa shape index (κ2) is 5.17. The fourth-order valence-corrected chi connectivity index (χ4v) is 4.00. The molecule has 4 aliphatic rings. The van der Waals surface area contributed by atoms with E-state index in [1.54, 1.807) is 0 Å². The number of nitrogens with zero attached hydrogens (tertiary/aromatic N) is 1. The van der Waals surface area contributed by atoms with Gasteiger partial charge in [0.15, 0.2) is 0 Å². The van der Waals surface area contributed by atoms with Gasteiger partial charge in [0.1, 0.15) is 0 Å². The number of rotatable bonds is 3. The Hall–Kier alpha value is -0.610. The van der Waals surface area contributed by atoms with Crippen LogP contribution in [0.2, 0.25) is 0 Å². The van der Waals surface area contributed by atoms with E-state index in [0.717, 1.165) is 31.6 Å². The smallest absolute Gasteiger partial charge is 0.220 e. The van der Waals surface area contributed by atoms with Crippen molar-refractivity contribution in [2.24, 2.45) is 17.6 Å². The molecule has 1 unspecified atom stereocenters. The summed E-state index contributed by atoms with van der Waals surface area (Å²) in [5.41, 5.74) is 5.38. The van der Waals surface area contributed by atoms with E-state index in [9.17, 15) is 4.79 Å². The molecule has 3 saturated heterocycles. The summed E-state index contributed by atoms with van der Waals surface area (Å²) in [5.74, 6) is 0.926. The van der Waals surface area contributed by atoms with Crippen molar-refractivity contribution in [1.29, 1.82) is 0 Å². The topological polar surface area (TPSA) is 58.4 Å². The zero-order chi connectivity index (χ0) is 12.5. The van der Waals surface area contributed by atoms with Crippen LogP contribution in [0, 0.1) is 11.8 Å². The first-order chi connectivity index (χ1) is 8.72. The van der Waals surface area contributed by atoms with Gasteiger partial charge in [-0.15, -0.1) is 0 Å². The maximum absolute atomic E-state index is 11.2. The number of fused-ring (bicyclic) bond motifs is 3. The molecular weight excluding hydrogens is 226 g/mol. The monoisotopic (exact) mass is 251 g/mol. The molecule has 4 fully saturated rings. The fourth-order valence-electron chi connectivity index (χ4n) is 4.00. The minimum absolute atomic E-state index is 0.101. The van der Waals surface area contributed by atoms with E-state index in [2.05, 4.69) is 10.2 Å². The van der Waals surface area contributed by atoms with Crippen LogP contribution >= 0.6 is 0 Å². The Balaban J connectivity index is 1.48. The molecule has 3 N–H and O–H groups in total. The molecule has 0 radical (unpaired) electrons. The molecule has 0 aromatic heterocycles. The van der Waals surface area contributed by atoms with Gasteiger partial charge in [-0.2, -0.15) is 0 Å². The Morgan fingerprint density at radius 1 is 1.06 bits per heavy atom. The van der Waals surface area contributed by atoms with Crippen LogP contribution < -0.4 is 11.1 Å². The fraction of sp³-hybridized carbons (Fsp3) is 0.929. The lowest BCUT2D eigenvalue weighted by Crippen LogP contribution is -2.58. The van der Waals surface area contributed by atoms with Gasteiger partial charge in [0.05, 0.1) is 0 Å². The summed E-state index contributed by atoms with van der Waals surface area (Å²) in [4.78, 5) is 13.7. The maximum Gasteiger partial charge on any atom is 0.220 e. The number of primary amides is 1. The van der Waals surface area contributed by atoms with E-state index in [4.69, 9.17) is 5.73 Å². The summed E-state index contributed by atoms with van der Waals surface area (Å²) < 4.78 is 0. The lowest BCUT2D eigenvalue weighted by atomic mass is 9.81. The molecule has 2 bridgehead atoms. The molecule has 102 valence electrons. The minimum Gasteiger partial charge on any atom is -0.369 e. The van der Waals surface area contributed by atoms with Gasteiger partial charge in [0, 0.05) is 24.5 Å². The molecular formula is C14H25N3O. The van der Waals surface area contributed by atoms with Crippen molar-refractivity contribution < 1.29 is 4.79 Å². The Morgan fingerprint density at radius 2 is 1.72 bits per heavy atom. The van der Waals surface area contributed by atoms with Crippen LogP contribution in [0.3, 0.4) is 0 Å². The molecule has 3 aliphatic heterocycles. The number of hydrogen-bond donors (Lipinski definition) is 2. The minimum atomic E-state index is -0.101. The van der Waals surface area contributed by atoms with Crippen LogP contribution in [0.15, 0.2) is 0 Å². The van der Waals surface area contributed by atoms with E-state index < -0.39 is 0 Å². The third-order valence-corrected chi connectivity index (χ3v) is 5.24. The Labute approximate surface area is 109 Å². The van der Waals surface area contributed by atoms with Crippen LogP contribution in [0.1, 0.15) is 38.5 Å². The zero-order valence-electron chi connectivity index (χ0n) is 11.1. The van der Waals surface area contributed by atoms with Crippen molar-refractivity contribution in [2.75, 3.05) is 19.6 Å². The van der Waals surface area contributed by atoms with Crippen LogP contribution in [0.25, 0.3) is 0 Å². The Morgan fingerprint density at radius 3 is 2.22 bits per heavy atom. The SMILES string of the molecule is NC(=O)C1CCC(NC2CN3CCC2CC3)CC1. The summed E-state index contributed by atoms with van der Waals surface area (Å²) in [6, 6.07) is 1.31. The van der Waals surface area contributed by atoms with E-state index >= 15 is 0 Å². The average Bonchev–Trinajstić information content (AvgIpc) is 2.41. The van der Waals surface area contributed by atoms with Gasteiger partial charge in [-0.3, -0.25) is 4.79 Å². The van der Waals surface area contributed by atoms with Crippen molar-refractivity contribution in [2.45, 2.75) is 50.6 Å². The molecule has 0 aromatic rings. The standard InChI is InChI=1S/C14H25N3O/c15-14(18)11-1-3-12(4-2-11)16-13-9-17-7-5-10(13)6-8-17/h10-13,16H,1-9H2,(H2,15,18). The maximum atomic E-state index is 11.2.